The molecule has 0 atom stereocenters. The van der Waals surface area contributed by atoms with Crippen molar-refractivity contribution >= 4 is 65.9 Å². The zero-order valence-corrected chi connectivity index (χ0v) is 32.3. The van der Waals surface area contributed by atoms with E-state index in [-0.39, 0.29) is 0 Å². The maximum Gasteiger partial charge on any atom is 0.147 e. The lowest BCUT2D eigenvalue weighted by molar-refractivity contribution is -0.560. The summed E-state index contributed by atoms with van der Waals surface area (Å²) in [5.41, 5.74) is 19.1. The third kappa shape index (κ3) is 4.61. The molecule has 0 saturated carbocycles. The Balaban J connectivity index is 1.03. The van der Waals surface area contributed by atoms with Crippen LogP contribution in [0.1, 0.15) is 5.56 Å². The summed E-state index contributed by atoms with van der Waals surface area (Å²) in [6.07, 6.45) is 4.54. The van der Waals surface area contributed by atoms with Crippen LogP contribution in [-0.2, 0) is 0 Å². The number of quaternary nitrogens is 1. The summed E-state index contributed by atoms with van der Waals surface area (Å²) in [4.78, 5) is 0. The van der Waals surface area contributed by atoms with E-state index in [9.17, 15) is 0 Å². The fourth-order valence-corrected chi connectivity index (χ4v) is 10.6. The molecule has 11 aromatic rings. The molecule has 0 spiro atoms. The predicted octanol–water partition coefficient (Wildman–Crippen LogP) is 14.1. The first-order valence-electron chi connectivity index (χ1n) is 20.7. The Morgan fingerprint density at radius 2 is 0.966 bits per heavy atom. The summed E-state index contributed by atoms with van der Waals surface area (Å²) in [6.45, 7) is 0.954. The standard InChI is InChI=1S/C57H36N2/c1-3-14-37(15-4-1)50-44-20-9-10-21-45(44)51(38-16-5-2-6-17-38)55-47-31-30-41(43-22-11-23-46(52(43)47)54(50)55)36-24-28-40(29-25-36)59-48-32-26-35-13-7-8-19-42(35)53(48)56-49(59)33-27-39-18-12-34-58-57(39)56/h1-33,58H,34H2/p+1. The molecule has 2 heteroatoms. The molecule has 1 aliphatic heterocycles. The molecular formula is C57H37N2+. The zero-order valence-electron chi connectivity index (χ0n) is 32.3. The topological polar surface area (TPSA) is 21.5 Å². The van der Waals surface area contributed by atoms with E-state index in [4.69, 9.17) is 0 Å². The molecule has 10 aromatic carbocycles. The highest BCUT2D eigenvalue weighted by Gasteiger charge is 2.31. The lowest BCUT2D eigenvalue weighted by atomic mass is 9.82. The Labute approximate surface area is 341 Å². The Kier molecular flexibility index (Phi) is 6.89. The van der Waals surface area contributed by atoms with E-state index < -0.39 is 0 Å². The van der Waals surface area contributed by atoms with Gasteiger partial charge in [-0.25, -0.2) is 0 Å². The molecule has 0 bridgehead atoms. The van der Waals surface area contributed by atoms with Gasteiger partial charge in [0.25, 0.3) is 0 Å². The van der Waals surface area contributed by atoms with Crippen molar-refractivity contribution in [3.8, 4) is 61.3 Å². The fraction of sp³-hybridized carbons (Fsp3) is 0.0175. The summed E-state index contributed by atoms with van der Waals surface area (Å²) >= 11 is 0. The molecule has 0 unspecified atom stereocenters. The van der Waals surface area contributed by atoms with E-state index in [2.05, 4.69) is 210 Å². The van der Waals surface area contributed by atoms with Gasteiger partial charge in [0.15, 0.2) is 0 Å². The van der Waals surface area contributed by atoms with Crippen molar-refractivity contribution in [2.75, 3.05) is 6.54 Å². The van der Waals surface area contributed by atoms with Gasteiger partial charge >= 0.3 is 0 Å². The highest BCUT2D eigenvalue weighted by molar-refractivity contribution is 6.29. The second-order valence-corrected chi connectivity index (χ2v) is 16.0. The third-order valence-electron chi connectivity index (χ3n) is 13.0. The molecule has 2 N–H and O–H groups in total. The van der Waals surface area contributed by atoms with Gasteiger partial charge in [-0.05, 0) is 130 Å². The maximum atomic E-state index is 2.47. The van der Waals surface area contributed by atoms with E-state index >= 15 is 0 Å². The van der Waals surface area contributed by atoms with Crippen LogP contribution in [0.25, 0.3) is 122 Å². The highest BCUT2D eigenvalue weighted by atomic mass is 15.0. The monoisotopic (exact) mass is 749 g/mol. The molecule has 0 fully saturated rings. The molecule has 2 aliphatic rings. The van der Waals surface area contributed by atoms with Crippen LogP contribution in [0.2, 0.25) is 0 Å². The number of rotatable bonds is 4. The molecule has 0 radical (unpaired) electrons. The lowest BCUT2D eigenvalue weighted by Gasteiger charge is -2.20. The normalized spacial score (nSPS) is 12.9. The first-order valence-corrected chi connectivity index (χ1v) is 20.7. The Bertz CT molecular complexity index is 3480. The largest absolute Gasteiger partial charge is 0.309 e. The van der Waals surface area contributed by atoms with Crippen LogP contribution in [0.3, 0.4) is 0 Å². The first kappa shape index (κ1) is 32.6. The summed E-state index contributed by atoms with van der Waals surface area (Å²) in [7, 11) is 0. The summed E-state index contributed by atoms with van der Waals surface area (Å²) in [5, 5.41) is 12.8. The van der Waals surface area contributed by atoms with Crippen LogP contribution in [0, 0.1) is 0 Å². The number of benzene rings is 10. The average molecular weight is 750 g/mol. The second-order valence-electron chi connectivity index (χ2n) is 16.0. The van der Waals surface area contributed by atoms with Gasteiger partial charge < -0.3 is 9.88 Å². The Morgan fingerprint density at radius 3 is 1.69 bits per heavy atom. The van der Waals surface area contributed by atoms with E-state index in [0.717, 1.165) is 6.54 Å². The second kappa shape index (κ2) is 12.5. The summed E-state index contributed by atoms with van der Waals surface area (Å²) < 4.78 is 2.47. The quantitative estimate of drug-likeness (QED) is 0.173. The minimum atomic E-state index is 0.954. The molecule has 2 heterocycles. The third-order valence-corrected chi connectivity index (χ3v) is 13.0. The Morgan fingerprint density at radius 1 is 0.373 bits per heavy atom. The van der Waals surface area contributed by atoms with Crippen LogP contribution < -0.4 is 5.32 Å². The van der Waals surface area contributed by atoms with E-state index in [1.807, 2.05) is 0 Å². The van der Waals surface area contributed by atoms with Crippen molar-refractivity contribution in [1.82, 2.24) is 4.57 Å². The molecule has 13 rings (SSSR count). The minimum absolute atomic E-state index is 0.954. The summed E-state index contributed by atoms with van der Waals surface area (Å²) in [5.74, 6) is 0. The highest BCUT2D eigenvalue weighted by Crippen LogP contribution is 2.58. The van der Waals surface area contributed by atoms with E-state index in [1.165, 1.54) is 127 Å². The van der Waals surface area contributed by atoms with Crippen molar-refractivity contribution in [1.29, 1.82) is 0 Å². The summed E-state index contributed by atoms with van der Waals surface area (Å²) in [6, 6.07) is 69.9. The zero-order chi connectivity index (χ0) is 38.6. The smallest absolute Gasteiger partial charge is 0.147 e. The molecule has 1 aromatic heterocycles. The van der Waals surface area contributed by atoms with Crippen molar-refractivity contribution in [3.63, 3.8) is 0 Å². The van der Waals surface area contributed by atoms with E-state index in [1.54, 1.807) is 0 Å². The SMILES string of the molecule is C1=Cc2ccc3c(c2[NH2+]C1)c1c2ccccc2ccc1n3-c1ccc(-c2ccc3c4c(cccc24)-c2c-3c(-c3ccccc3)c3ccccc3c2-c2ccccc2)cc1. The molecular weight excluding hydrogens is 713 g/mol. The predicted molar refractivity (Wildman–Crippen MR) is 250 cm³/mol. The van der Waals surface area contributed by atoms with Gasteiger partial charge in [-0.15, -0.1) is 0 Å². The number of hydrogen-bond acceptors (Lipinski definition) is 0. The van der Waals surface area contributed by atoms with Gasteiger partial charge in [-0.3, -0.25) is 0 Å². The minimum Gasteiger partial charge on any atom is -0.309 e. The van der Waals surface area contributed by atoms with Crippen LogP contribution in [0.5, 0.6) is 0 Å². The lowest BCUT2D eigenvalue weighted by Crippen LogP contribution is -2.78. The number of nitrogens with two attached hydrogens (primary N) is 1. The number of hydrogen-bond donors (Lipinski definition) is 1. The van der Waals surface area contributed by atoms with E-state index in [0.29, 0.717) is 0 Å². The van der Waals surface area contributed by atoms with Crippen molar-refractivity contribution in [3.05, 3.63) is 200 Å². The van der Waals surface area contributed by atoms with Gasteiger partial charge in [-0.1, -0.05) is 158 Å². The molecule has 59 heavy (non-hydrogen) atoms. The molecule has 274 valence electrons. The van der Waals surface area contributed by atoms with Crippen LogP contribution >= 0.6 is 0 Å². The van der Waals surface area contributed by atoms with Gasteiger partial charge in [0.1, 0.15) is 5.69 Å². The number of nitrogens with zero attached hydrogens (tertiary/aromatic N) is 1. The van der Waals surface area contributed by atoms with Gasteiger partial charge in [0.2, 0.25) is 0 Å². The molecule has 2 nitrogen and oxygen atoms in total. The Hall–Kier alpha value is -7.52. The number of fused-ring (bicyclic) bond motifs is 11. The van der Waals surface area contributed by atoms with Gasteiger partial charge in [0, 0.05) is 16.6 Å². The van der Waals surface area contributed by atoms with Crippen LogP contribution in [0.15, 0.2) is 194 Å². The first-order chi connectivity index (χ1) is 29.3. The van der Waals surface area contributed by atoms with Crippen molar-refractivity contribution in [2.45, 2.75) is 0 Å². The molecule has 0 saturated heterocycles. The fourth-order valence-electron chi connectivity index (χ4n) is 10.6. The van der Waals surface area contributed by atoms with Crippen molar-refractivity contribution in [2.24, 2.45) is 0 Å². The van der Waals surface area contributed by atoms with Gasteiger partial charge in [0.05, 0.1) is 23.0 Å². The molecule has 0 amide bonds. The van der Waals surface area contributed by atoms with Crippen LogP contribution in [-0.4, -0.2) is 11.1 Å². The maximum absolute atomic E-state index is 2.47. The van der Waals surface area contributed by atoms with Crippen LogP contribution in [0.4, 0.5) is 5.69 Å². The number of aromatic nitrogens is 1. The van der Waals surface area contributed by atoms with Gasteiger partial charge in [-0.2, -0.15) is 0 Å². The van der Waals surface area contributed by atoms with Crippen molar-refractivity contribution < 1.29 is 5.32 Å². The average Bonchev–Trinajstić information content (AvgIpc) is 3.83. The molecule has 1 aliphatic carbocycles.